The molecule has 4 aliphatic carbocycles. The molecule has 4 fully saturated rings. The van der Waals surface area contributed by atoms with E-state index >= 15 is 0 Å². The number of methoxy groups -OCH3 is 1. The Balaban J connectivity index is 0.000000141. The lowest BCUT2D eigenvalue weighted by atomic mass is 9.84. The molecule has 2 saturated heterocycles. The molecule has 4 atom stereocenters. The van der Waals surface area contributed by atoms with Gasteiger partial charge in [0.05, 0.1) is 32.5 Å². The van der Waals surface area contributed by atoms with Gasteiger partial charge in [-0.05, 0) is 84.7 Å². The number of fused-ring (bicyclic) bond motifs is 4. The quantitative estimate of drug-likeness (QED) is 0.566. The maximum absolute atomic E-state index is 10.00. The molecule has 40 heavy (non-hydrogen) atoms. The van der Waals surface area contributed by atoms with Gasteiger partial charge in [-0.1, -0.05) is 24.3 Å². The number of phenols is 1. The fourth-order valence-corrected chi connectivity index (χ4v) is 7.42. The summed E-state index contributed by atoms with van der Waals surface area (Å²) in [5.74, 6) is 3.37. The number of ether oxygens (including phenoxy) is 3. The molecule has 2 saturated carbocycles. The molecule has 0 amide bonds. The van der Waals surface area contributed by atoms with Crippen LogP contribution in [0.15, 0.2) is 36.4 Å². The smallest absolute Gasteiger partial charge is 0.122 e. The summed E-state index contributed by atoms with van der Waals surface area (Å²) in [4.78, 5) is 5.33. The van der Waals surface area contributed by atoms with E-state index in [4.69, 9.17) is 14.2 Å². The van der Waals surface area contributed by atoms with Crippen molar-refractivity contribution >= 4 is 12.4 Å². The average molecular weight is 569 g/mol. The van der Waals surface area contributed by atoms with Crippen LogP contribution in [0.3, 0.4) is 0 Å². The van der Waals surface area contributed by atoms with E-state index in [1.807, 2.05) is 6.07 Å². The van der Waals surface area contributed by atoms with E-state index in [1.165, 1.54) is 55.5 Å². The third-order valence-corrected chi connectivity index (χ3v) is 9.96. The van der Waals surface area contributed by atoms with E-state index in [0.29, 0.717) is 23.9 Å². The molecular weight excluding hydrogens is 524 g/mol. The highest BCUT2D eigenvalue weighted by atomic mass is 35.5. The second-order valence-corrected chi connectivity index (χ2v) is 12.7. The zero-order chi connectivity index (χ0) is 26.3. The summed E-state index contributed by atoms with van der Waals surface area (Å²) in [6.45, 7) is 6.44. The molecule has 6 aliphatic rings. The highest BCUT2D eigenvalue weighted by Crippen LogP contribution is 2.38. The van der Waals surface area contributed by atoms with Crippen molar-refractivity contribution in [3.8, 4) is 11.5 Å². The van der Waals surface area contributed by atoms with Gasteiger partial charge >= 0.3 is 0 Å². The van der Waals surface area contributed by atoms with Gasteiger partial charge in [0.1, 0.15) is 11.5 Å². The maximum Gasteiger partial charge on any atom is 0.122 e. The Morgan fingerprint density at radius 2 is 1.27 bits per heavy atom. The number of phenolic OH excluding ortho intramolecular Hbond substituents is 1. The summed E-state index contributed by atoms with van der Waals surface area (Å²) in [7, 11) is 1.77. The molecule has 2 aromatic rings. The molecule has 8 rings (SSSR count). The summed E-state index contributed by atoms with van der Waals surface area (Å²) >= 11 is 0. The second kappa shape index (κ2) is 12.2. The van der Waals surface area contributed by atoms with Crippen molar-refractivity contribution < 1.29 is 19.3 Å². The highest BCUT2D eigenvalue weighted by molar-refractivity contribution is 5.85. The van der Waals surface area contributed by atoms with Crippen molar-refractivity contribution in [3.63, 3.8) is 0 Å². The summed E-state index contributed by atoms with van der Waals surface area (Å²) in [6.07, 6.45) is 10.3. The van der Waals surface area contributed by atoms with Gasteiger partial charge in [0.2, 0.25) is 0 Å². The number of benzene rings is 2. The van der Waals surface area contributed by atoms with Crippen LogP contribution in [0.4, 0.5) is 0 Å². The first-order valence-corrected chi connectivity index (χ1v) is 15.3. The minimum Gasteiger partial charge on any atom is -0.508 e. The van der Waals surface area contributed by atoms with Gasteiger partial charge in [-0.2, -0.15) is 0 Å². The summed E-state index contributed by atoms with van der Waals surface area (Å²) in [5, 5.41) is 10.00. The Morgan fingerprint density at radius 3 is 1.82 bits per heavy atom. The third kappa shape index (κ3) is 6.03. The Kier molecular flexibility index (Phi) is 8.62. The van der Waals surface area contributed by atoms with Crippen LogP contribution in [-0.2, 0) is 35.2 Å². The van der Waals surface area contributed by atoms with Crippen LogP contribution in [0.25, 0.3) is 0 Å². The first-order chi connectivity index (χ1) is 19.2. The topological polar surface area (TPSA) is 54.4 Å². The fraction of sp³-hybridized carbons (Fsp3) is 0.636. The summed E-state index contributed by atoms with van der Waals surface area (Å²) in [5.41, 5.74) is 5.24. The van der Waals surface area contributed by atoms with Crippen LogP contribution in [-0.4, -0.2) is 85.7 Å². The zero-order valence-electron chi connectivity index (χ0n) is 23.8. The van der Waals surface area contributed by atoms with E-state index in [2.05, 4.69) is 34.1 Å². The number of hydrogen-bond acceptors (Lipinski definition) is 6. The minimum atomic E-state index is 0. The van der Waals surface area contributed by atoms with E-state index in [-0.39, 0.29) is 18.5 Å². The molecule has 0 bridgehead atoms. The molecule has 2 aliphatic heterocycles. The minimum absolute atomic E-state index is 0. The normalized spacial score (nSPS) is 29.4. The van der Waals surface area contributed by atoms with E-state index in [1.54, 1.807) is 13.2 Å². The van der Waals surface area contributed by atoms with Crippen molar-refractivity contribution in [2.75, 3.05) is 46.5 Å². The van der Waals surface area contributed by atoms with E-state index < -0.39 is 0 Å². The summed E-state index contributed by atoms with van der Waals surface area (Å²) < 4.78 is 17.6. The largest absolute Gasteiger partial charge is 0.508 e. The van der Waals surface area contributed by atoms with Crippen molar-refractivity contribution in [3.05, 3.63) is 58.7 Å². The Bertz CT molecular complexity index is 1170. The van der Waals surface area contributed by atoms with Crippen LogP contribution < -0.4 is 4.74 Å². The SMILES string of the molecule is COc1cccc2c1C[C@H]1OCCN(CC3CC3)[C@@H]1C2.Cl.Oc1cccc2c1C[C@H]1OCCN(CC3CC3)[C@@H]1C2. The Morgan fingerprint density at radius 1 is 0.750 bits per heavy atom. The predicted octanol–water partition coefficient (Wildman–Crippen LogP) is 4.67. The van der Waals surface area contributed by atoms with Crippen molar-refractivity contribution in [1.82, 2.24) is 9.80 Å². The highest BCUT2D eigenvalue weighted by Gasteiger charge is 2.40. The number of rotatable bonds is 5. The maximum atomic E-state index is 10.00. The molecule has 2 heterocycles. The van der Waals surface area contributed by atoms with Crippen molar-refractivity contribution in [2.24, 2.45) is 11.8 Å². The Hall–Kier alpha value is -1.83. The average Bonchev–Trinajstić information content (AvgIpc) is 3.90. The molecule has 1 N–H and O–H groups in total. The van der Waals surface area contributed by atoms with Gasteiger partial charge in [-0.3, -0.25) is 9.80 Å². The van der Waals surface area contributed by atoms with Crippen LogP contribution in [0, 0.1) is 11.8 Å². The molecule has 6 nitrogen and oxygen atoms in total. The summed E-state index contributed by atoms with van der Waals surface area (Å²) in [6, 6.07) is 13.5. The Labute approximate surface area is 245 Å². The monoisotopic (exact) mass is 568 g/mol. The van der Waals surface area contributed by atoms with Crippen molar-refractivity contribution in [1.29, 1.82) is 0 Å². The molecule has 7 heteroatoms. The fourth-order valence-electron chi connectivity index (χ4n) is 7.42. The molecule has 0 spiro atoms. The molecule has 0 radical (unpaired) electrons. The van der Waals surface area contributed by atoms with Gasteiger partial charge < -0.3 is 19.3 Å². The van der Waals surface area contributed by atoms with Gasteiger partial charge in [0.15, 0.2) is 0 Å². The van der Waals surface area contributed by atoms with Gasteiger partial charge in [-0.25, -0.2) is 0 Å². The van der Waals surface area contributed by atoms with E-state index in [9.17, 15) is 5.11 Å². The van der Waals surface area contributed by atoms with Crippen LogP contribution in [0.1, 0.15) is 47.9 Å². The lowest BCUT2D eigenvalue weighted by molar-refractivity contribution is -0.0756. The van der Waals surface area contributed by atoms with E-state index in [0.717, 1.165) is 75.1 Å². The molecular formula is C33H45ClN2O4. The lowest BCUT2D eigenvalue weighted by Crippen LogP contribution is -2.55. The molecule has 2 aromatic carbocycles. The number of hydrogen-bond donors (Lipinski definition) is 1. The number of halogens is 1. The lowest BCUT2D eigenvalue weighted by Gasteiger charge is -2.44. The number of nitrogens with zero attached hydrogens (tertiary/aromatic N) is 2. The first kappa shape index (κ1) is 28.3. The predicted molar refractivity (Wildman–Crippen MR) is 159 cm³/mol. The van der Waals surface area contributed by atoms with Crippen molar-refractivity contribution in [2.45, 2.75) is 75.7 Å². The van der Waals surface area contributed by atoms with Crippen LogP contribution in [0.2, 0.25) is 0 Å². The second-order valence-electron chi connectivity index (χ2n) is 12.7. The van der Waals surface area contributed by atoms with Gasteiger partial charge in [-0.15, -0.1) is 12.4 Å². The third-order valence-electron chi connectivity index (χ3n) is 9.96. The molecule has 0 aromatic heterocycles. The zero-order valence-corrected chi connectivity index (χ0v) is 24.6. The van der Waals surface area contributed by atoms with Gasteiger partial charge in [0, 0.05) is 51.1 Å². The first-order valence-electron chi connectivity index (χ1n) is 15.3. The standard InChI is InChI=1S/C17H23NO2.C16H21NO2.ClH/c1-19-16-4-2-3-13-9-15-17(10-14(13)16)20-8-7-18(15)11-12-5-6-12;18-15-3-1-2-12-8-14-16(9-13(12)15)19-7-6-17(14)10-11-4-5-11;/h2-4,12,15,17H,5-11H2,1H3;1-3,11,14,16,18H,4-10H2;1H/t15-,17-;14-,16-;/m11./s1. The molecule has 0 unspecified atom stereocenters. The van der Waals surface area contributed by atoms with Gasteiger partial charge in [0.25, 0.3) is 0 Å². The number of aromatic hydroxyl groups is 1. The van der Waals surface area contributed by atoms with Crippen LogP contribution in [0.5, 0.6) is 11.5 Å². The molecule has 218 valence electrons. The number of morpholine rings is 2. The van der Waals surface area contributed by atoms with Crippen LogP contribution >= 0.6 is 12.4 Å².